The molecule has 4 fully saturated rings. The number of hydrogen-bond acceptors (Lipinski definition) is 1. The standard InChI is InChI=1S/C20H22ClNO/c1-11-2-3-16(21)17-15(10-23)19(22-18(11)17)20-7-12-4-13(8-20)6-14(5-12)9-20/h2-3,10,12-14,22H,4-9H2,1H3. The molecule has 0 unspecified atom stereocenters. The third-order valence-electron chi connectivity index (χ3n) is 6.84. The molecule has 120 valence electrons. The Hall–Kier alpha value is -1.28. The predicted octanol–water partition coefficient (Wildman–Crippen LogP) is 5.41. The highest BCUT2D eigenvalue weighted by molar-refractivity contribution is 6.36. The number of fused-ring (bicyclic) bond motifs is 1. The monoisotopic (exact) mass is 327 g/mol. The van der Waals surface area contributed by atoms with Crippen LogP contribution in [0.5, 0.6) is 0 Å². The van der Waals surface area contributed by atoms with Gasteiger partial charge in [-0.15, -0.1) is 0 Å². The molecule has 1 aromatic heterocycles. The summed E-state index contributed by atoms with van der Waals surface area (Å²) in [5, 5.41) is 1.63. The zero-order valence-corrected chi connectivity index (χ0v) is 14.2. The number of rotatable bonds is 2. The Kier molecular flexibility index (Phi) is 2.84. The van der Waals surface area contributed by atoms with Crippen molar-refractivity contribution < 1.29 is 4.79 Å². The quantitative estimate of drug-likeness (QED) is 0.735. The number of carbonyl (C=O) groups excluding carboxylic acids is 1. The minimum Gasteiger partial charge on any atom is -0.357 e. The summed E-state index contributed by atoms with van der Waals surface area (Å²) < 4.78 is 0. The Balaban J connectivity index is 1.76. The van der Waals surface area contributed by atoms with Gasteiger partial charge >= 0.3 is 0 Å². The molecular weight excluding hydrogens is 306 g/mol. The second kappa shape index (κ2) is 4.63. The third kappa shape index (κ3) is 1.85. The number of nitrogens with one attached hydrogen (secondary N) is 1. The first-order chi connectivity index (χ1) is 11.1. The van der Waals surface area contributed by atoms with Crippen molar-refractivity contribution in [1.29, 1.82) is 0 Å². The summed E-state index contributed by atoms with van der Waals surface area (Å²) in [6.07, 6.45) is 9.04. The Morgan fingerprint density at radius 1 is 1.13 bits per heavy atom. The van der Waals surface area contributed by atoms with E-state index in [1.54, 1.807) is 0 Å². The molecule has 1 aromatic carbocycles. The molecule has 3 heteroatoms. The van der Waals surface area contributed by atoms with E-state index in [0.717, 1.165) is 40.5 Å². The number of aldehydes is 1. The van der Waals surface area contributed by atoms with Crippen LogP contribution in [0.25, 0.3) is 10.9 Å². The second-order valence-electron chi connectivity index (χ2n) is 8.34. The maximum Gasteiger partial charge on any atom is 0.152 e. The van der Waals surface area contributed by atoms with Gasteiger partial charge in [0.1, 0.15) is 0 Å². The summed E-state index contributed by atoms with van der Waals surface area (Å²) >= 11 is 6.45. The Labute approximate surface area is 141 Å². The Morgan fingerprint density at radius 3 is 2.30 bits per heavy atom. The number of halogens is 1. The highest BCUT2D eigenvalue weighted by Crippen LogP contribution is 2.61. The lowest BCUT2D eigenvalue weighted by molar-refractivity contribution is -0.00710. The molecule has 6 rings (SSSR count). The topological polar surface area (TPSA) is 32.9 Å². The number of carbonyl (C=O) groups is 1. The van der Waals surface area contributed by atoms with E-state index in [0.29, 0.717) is 5.02 Å². The number of H-pyrrole nitrogens is 1. The fourth-order valence-corrected chi connectivity index (χ4v) is 6.64. The molecular formula is C20H22ClNO. The van der Waals surface area contributed by atoms with Gasteiger partial charge in [-0.05, 0) is 74.8 Å². The van der Waals surface area contributed by atoms with E-state index in [4.69, 9.17) is 11.6 Å². The van der Waals surface area contributed by atoms with Crippen molar-refractivity contribution in [2.24, 2.45) is 17.8 Å². The summed E-state index contributed by atoms with van der Waals surface area (Å²) in [6.45, 7) is 2.09. The van der Waals surface area contributed by atoms with Gasteiger partial charge in [-0.25, -0.2) is 0 Å². The largest absolute Gasteiger partial charge is 0.357 e. The van der Waals surface area contributed by atoms with Gasteiger partial charge in [-0.1, -0.05) is 17.7 Å². The van der Waals surface area contributed by atoms with Crippen molar-refractivity contribution in [3.63, 3.8) is 0 Å². The first-order valence-corrected chi connectivity index (χ1v) is 9.24. The van der Waals surface area contributed by atoms with Crippen molar-refractivity contribution in [2.75, 3.05) is 0 Å². The zero-order chi connectivity index (χ0) is 15.8. The molecule has 0 saturated heterocycles. The third-order valence-corrected chi connectivity index (χ3v) is 7.15. The fourth-order valence-electron chi connectivity index (χ4n) is 6.38. The summed E-state index contributed by atoms with van der Waals surface area (Å²) in [5.41, 5.74) is 4.45. The summed E-state index contributed by atoms with van der Waals surface area (Å²) in [7, 11) is 0. The molecule has 1 N–H and O–H groups in total. The molecule has 1 heterocycles. The summed E-state index contributed by atoms with van der Waals surface area (Å²) in [5.74, 6) is 2.59. The fraction of sp³-hybridized carbons (Fsp3) is 0.550. The van der Waals surface area contributed by atoms with Gasteiger partial charge in [0.05, 0.1) is 10.5 Å². The molecule has 4 saturated carbocycles. The smallest absolute Gasteiger partial charge is 0.152 e. The van der Waals surface area contributed by atoms with E-state index in [1.807, 2.05) is 12.1 Å². The number of benzene rings is 1. The second-order valence-corrected chi connectivity index (χ2v) is 8.75. The van der Waals surface area contributed by atoms with Gasteiger partial charge in [0.15, 0.2) is 6.29 Å². The van der Waals surface area contributed by atoms with Crippen LogP contribution >= 0.6 is 11.6 Å². The molecule has 4 aliphatic carbocycles. The van der Waals surface area contributed by atoms with Crippen LogP contribution in [-0.4, -0.2) is 11.3 Å². The van der Waals surface area contributed by atoms with Gasteiger partial charge in [0.2, 0.25) is 0 Å². The molecule has 4 bridgehead atoms. The maximum atomic E-state index is 12.0. The molecule has 0 spiro atoms. The zero-order valence-electron chi connectivity index (χ0n) is 13.5. The average molecular weight is 328 g/mol. The minimum absolute atomic E-state index is 0.194. The van der Waals surface area contributed by atoms with E-state index in [1.165, 1.54) is 49.8 Å². The molecule has 4 aliphatic rings. The van der Waals surface area contributed by atoms with Gasteiger partial charge in [0, 0.05) is 22.1 Å². The first-order valence-electron chi connectivity index (χ1n) is 8.86. The van der Waals surface area contributed by atoms with Crippen LogP contribution in [0, 0.1) is 24.7 Å². The molecule has 0 radical (unpaired) electrons. The summed E-state index contributed by atoms with van der Waals surface area (Å²) in [6, 6.07) is 3.96. The molecule has 0 atom stereocenters. The summed E-state index contributed by atoms with van der Waals surface area (Å²) in [4.78, 5) is 15.6. The van der Waals surface area contributed by atoms with Gasteiger partial charge < -0.3 is 4.98 Å². The average Bonchev–Trinajstić information content (AvgIpc) is 2.91. The number of hydrogen-bond donors (Lipinski definition) is 1. The van der Waals surface area contributed by atoms with Crippen LogP contribution in [0.2, 0.25) is 5.02 Å². The van der Waals surface area contributed by atoms with Crippen molar-refractivity contribution in [1.82, 2.24) is 4.98 Å². The first kappa shape index (κ1) is 14.1. The molecule has 23 heavy (non-hydrogen) atoms. The van der Waals surface area contributed by atoms with Gasteiger partial charge in [-0.3, -0.25) is 4.79 Å². The van der Waals surface area contributed by atoms with Crippen LogP contribution in [0.1, 0.15) is 60.1 Å². The van der Waals surface area contributed by atoms with Crippen molar-refractivity contribution in [3.8, 4) is 0 Å². The number of aromatic nitrogens is 1. The lowest BCUT2D eigenvalue weighted by Gasteiger charge is -2.56. The normalized spacial score (nSPS) is 35.1. The molecule has 2 aromatic rings. The van der Waals surface area contributed by atoms with Crippen molar-refractivity contribution in [3.05, 3.63) is 34.0 Å². The lowest BCUT2D eigenvalue weighted by atomic mass is 9.48. The number of aryl methyl sites for hydroxylation is 1. The van der Waals surface area contributed by atoms with Gasteiger partial charge in [-0.2, -0.15) is 0 Å². The Morgan fingerprint density at radius 2 is 1.74 bits per heavy atom. The molecule has 0 amide bonds. The minimum atomic E-state index is 0.194. The maximum absolute atomic E-state index is 12.0. The van der Waals surface area contributed by atoms with E-state index in [9.17, 15) is 4.79 Å². The highest BCUT2D eigenvalue weighted by Gasteiger charge is 2.53. The Bertz CT molecular complexity index is 783. The van der Waals surface area contributed by atoms with Crippen molar-refractivity contribution in [2.45, 2.75) is 50.9 Å². The lowest BCUT2D eigenvalue weighted by Crippen LogP contribution is -2.49. The van der Waals surface area contributed by atoms with Crippen LogP contribution in [-0.2, 0) is 5.41 Å². The van der Waals surface area contributed by atoms with Crippen molar-refractivity contribution >= 4 is 28.8 Å². The van der Waals surface area contributed by atoms with E-state index in [-0.39, 0.29) is 5.41 Å². The SMILES string of the molecule is Cc1ccc(Cl)c2c(C=O)c(C34CC5CC(CC(C5)C3)C4)[nH]c12. The van der Waals surface area contributed by atoms with Gasteiger partial charge in [0.25, 0.3) is 0 Å². The van der Waals surface area contributed by atoms with E-state index >= 15 is 0 Å². The van der Waals surface area contributed by atoms with E-state index in [2.05, 4.69) is 11.9 Å². The molecule has 0 aliphatic heterocycles. The predicted molar refractivity (Wildman–Crippen MR) is 93.3 cm³/mol. The number of aromatic amines is 1. The van der Waals surface area contributed by atoms with Crippen LogP contribution < -0.4 is 0 Å². The van der Waals surface area contributed by atoms with Crippen LogP contribution in [0.3, 0.4) is 0 Å². The highest BCUT2D eigenvalue weighted by atomic mass is 35.5. The molecule has 2 nitrogen and oxygen atoms in total. The van der Waals surface area contributed by atoms with E-state index < -0.39 is 0 Å². The van der Waals surface area contributed by atoms with Crippen LogP contribution in [0.15, 0.2) is 12.1 Å². The van der Waals surface area contributed by atoms with Crippen LogP contribution in [0.4, 0.5) is 0 Å².